The molecule has 1 aliphatic rings. The molecular formula is C13H28N2O3Si. The molecule has 0 saturated carbocycles. The first-order valence-electron chi connectivity index (χ1n) is 7.24. The van der Waals surface area contributed by atoms with Crippen molar-refractivity contribution in [1.29, 1.82) is 0 Å². The molecule has 0 atom stereocenters. The van der Waals surface area contributed by atoms with E-state index in [2.05, 4.69) is 5.32 Å². The molecule has 0 spiro atoms. The Morgan fingerprint density at radius 1 is 1.16 bits per heavy atom. The fraction of sp³-hybridized carbons (Fsp3) is 0.923. The van der Waals surface area contributed by atoms with Crippen molar-refractivity contribution in [2.45, 2.75) is 44.7 Å². The fourth-order valence-electron chi connectivity index (χ4n) is 2.28. The van der Waals surface area contributed by atoms with Gasteiger partial charge in [-0.2, -0.15) is 0 Å². The minimum Gasteiger partial charge on any atom is -0.398 e. The van der Waals surface area contributed by atoms with E-state index in [0.29, 0.717) is 6.54 Å². The maximum absolute atomic E-state index is 12.0. The molecule has 1 aliphatic heterocycles. The zero-order valence-electron chi connectivity index (χ0n) is 12.5. The van der Waals surface area contributed by atoms with E-state index in [1.807, 2.05) is 11.4 Å². The van der Waals surface area contributed by atoms with Crippen LogP contribution >= 0.6 is 0 Å². The predicted molar refractivity (Wildman–Crippen MR) is 78.5 cm³/mol. The summed E-state index contributed by atoms with van der Waals surface area (Å²) in [5.74, 6) is 0. The highest BCUT2D eigenvalue weighted by Gasteiger charge is 2.27. The Labute approximate surface area is 117 Å². The van der Waals surface area contributed by atoms with Crippen LogP contribution in [0.3, 0.4) is 0 Å². The number of amides is 2. The van der Waals surface area contributed by atoms with E-state index in [-0.39, 0.29) is 6.03 Å². The molecule has 0 aromatic carbocycles. The van der Waals surface area contributed by atoms with Gasteiger partial charge in [0, 0.05) is 33.9 Å². The van der Waals surface area contributed by atoms with Crippen molar-refractivity contribution < 1.29 is 13.6 Å². The van der Waals surface area contributed by atoms with Crippen LogP contribution in [-0.4, -0.2) is 53.3 Å². The highest BCUT2D eigenvalue weighted by Crippen LogP contribution is 2.13. The lowest BCUT2D eigenvalue weighted by molar-refractivity contribution is 0.199. The molecule has 1 heterocycles. The molecule has 1 saturated heterocycles. The van der Waals surface area contributed by atoms with Crippen molar-refractivity contribution in [2.24, 2.45) is 0 Å². The summed E-state index contributed by atoms with van der Waals surface area (Å²) in [5, 5.41) is 3.00. The molecular weight excluding hydrogens is 260 g/mol. The zero-order valence-corrected chi connectivity index (χ0v) is 13.5. The third kappa shape index (κ3) is 5.93. The monoisotopic (exact) mass is 288 g/mol. The van der Waals surface area contributed by atoms with Crippen molar-refractivity contribution in [3.63, 3.8) is 0 Å². The second kappa shape index (κ2) is 8.55. The Morgan fingerprint density at radius 2 is 1.74 bits per heavy atom. The highest BCUT2D eigenvalue weighted by molar-refractivity contribution is 6.65. The number of nitrogens with one attached hydrogen (secondary N) is 1. The third-order valence-corrected chi connectivity index (χ3v) is 6.83. The van der Waals surface area contributed by atoms with Gasteiger partial charge in [-0.1, -0.05) is 12.8 Å². The molecule has 0 bridgehead atoms. The van der Waals surface area contributed by atoms with Gasteiger partial charge in [0.15, 0.2) is 0 Å². The van der Waals surface area contributed by atoms with Gasteiger partial charge >= 0.3 is 14.6 Å². The maximum atomic E-state index is 12.0. The lowest BCUT2D eigenvalue weighted by Gasteiger charge is -2.23. The first-order valence-corrected chi connectivity index (χ1v) is 9.77. The molecule has 0 aromatic heterocycles. The molecule has 2 amide bonds. The molecule has 0 aromatic rings. The van der Waals surface area contributed by atoms with Crippen LogP contribution in [-0.2, 0) is 8.85 Å². The van der Waals surface area contributed by atoms with Crippen molar-refractivity contribution >= 4 is 14.6 Å². The molecule has 1 fully saturated rings. The van der Waals surface area contributed by atoms with E-state index < -0.39 is 8.56 Å². The van der Waals surface area contributed by atoms with Gasteiger partial charge in [-0.05, 0) is 31.9 Å². The summed E-state index contributed by atoms with van der Waals surface area (Å²) in [6.07, 6.45) is 5.66. The minimum atomic E-state index is -1.98. The number of carbonyl (C=O) groups is 1. The number of hydrogen-bond acceptors (Lipinski definition) is 3. The summed E-state index contributed by atoms with van der Waals surface area (Å²) in [6.45, 7) is 4.54. The topological polar surface area (TPSA) is 50.8 Å². The molecule has 19 heavy (non-hydrogen) atoms. The molecule has 1 rings (SSSR count). The summed E-state index contributed by atoms with van der Waals surface area (Å²) in [5.41, 5.74) is 0. The van der Waals surface area contributed by atoms with Crippen LogP contribution in [0, 0.1) is 0 Å². The standard InChI is InChI=1S/C13H28N2O3Si/c1-17-19(3,18-2)12-8-9-14-13(16)15-10-6-4-5-7-11-15/h4-12H2,1-3H3,(H,14,16). The van der Waals surface area contributed by atoms with E-state index >= 15 is 0 Å². The lowest BCUT2D eigenvalue weighted by atomic mass is 10.2. The van der Waals surface area contributed by atoms with E-state index in [4.69, 9.17) is 8.85 Å². The van der Waals surface area contributed by atoms with E-state index in [1.165, 1.54) is 12.8 Å². The Bertz CT molecular complexity index is 265. The first kappa shape index (κ1) is 16.5. The molecule has 0 aliphatic carbocycles. The van der Waals surface area contributed by atoms with Crippen molar-refractivity contribution in [3.05, 3.63) is 0 Å². The number of carbonyl (C=O) groups excluding carboxylic acids is 1. The van der Waals surface area contributed by atoms with Gasteiger partial charge in [0.1, 0.15) is 0 Å². The fourth-order valence-corrected chi connectivity index (χ4v) is 3.67. The van der Waals surface area contributed by atoms with Crippen LogP contribution in [0.15, 0.2) is 0 Å². The summed E-state index contributed by atoms with van der Waals surface area (Å²) in [7, 11) is 1.42. The number of rotatable bonds is 6. The zero-order chi connectivity index (χ0) is 14.1. The van der Waals surface area contributed by atoms with E-state index in [1.54, 1.807) is 14.2 Å². The van der Waals surface area contributed by atoms with Gasteiger partial charge in [0.2, 0.25) is 0 Å². The van der Waals surface area contributed by atoms with Crippen LogP contribution in [0.4, 0.5) is 4.79 Å². The summed E-state index contributed by atoms with van der Waals surface area (Å²) < 4.78 is 10.8. The van der Waals surface area contributed by atoms with Gasteiger partial charge in [-0.25, -0.2) is 4.79 Å². The Morgan fingerprint density at radius 3 is 2.26 bits per heavy atom. The van der Waals surface area contributed by atoms with Crippen molar-refractivity contribution in [3.8, 4) is 0 Å². The number of likely N-dealkylation sites (tertiary alicyclic amines) is 1. The third-order valence-electron chi connectivity index (χ3n) is 3.84. The molecule has 112 valence electrons. The average Bonchev–Trinajstić information content (AvgIpc) is 2.72. The van der Waals surface area contributed by atoms with Gasteiger partial charge in [-0.3, -0.25) is 0 Å². The van der Waals surface area contributed by atoms with Gasteiger partial charge in [0.25, 0.3) is 0 Å². The van der Waals surface area contributed by atoms with Crippen LogP contribution in [0.2, 0.25) is 12.6 Å². The number of urea groups is 1. The number of nitrogens with zero attached hydrogens (tertiary/aromatic N) is 1. The van der Waals surface area contributed by atoms with Crippen LogP contribution in [0.1, 0.15) is 32.1 Å². The Balaban J connectivity index is 2.19. The largest absolute Gasteiger partial charge is 0.398 e. The Hall–Kier alpha value is -0.593. The SMILES string of the molecule is CO[Si](C)(CCCNC(=O)N1CCCCCC1)OC. The second-order valence-corrected chi connectivity index (χ2v) is 8.86. The van der Waals surface area contributed by atoms with Gasteiger partial charge < -0.3 is 19.1 Å². The summed E-state index contributed by atoms with van der Waals surface area (Å²) >= 11 is 0. The predicted octanol–water partition coefficient (Wildman–Crippen LogP) is 2.33. The van der Waals surface area contributed by atoms with Gasteiger partial charge in [-0.15, -0.1) is 0 Å². The summed E-state index contributed by atoms with van der Waals surface area (Å²) in [4.78, 5) is 13.9. The minimum absolute atomic E-state index is 0.0834. The van der Waals surface area contributed by atoms with Crippen LogP contribution < -0.4 is 5.32 Å². The van der Waals surface area contributed by atoms with Gasteiger partial charge in [0.05, 0.1) is 0 Å². The number of hydrogen-bond donors (Lipinski definition) is 1. The lowest BCUT2D eigenvalue weighted by Crippen LogP contribution is -2.42. The normalized spacial score (nSPS) is 17.1. The van der Waals surface area contributed by atoms with Crippen LogP contribution in [0.5, 0.6) is 0 Å². The molecule has 0 unspecified atom stereocenters. The summed E-state index contributed by atoms with van der Waals surface area (Å²) in [6, 6.07) is 0.986. The second-order valence-electron chi connectivity index (χ2n) is 5.28. The quantitative estimate of drug-likeness (QED) is 0.603. The molecule has 5 nitrogen and oxygen atoms in total. The smallest absolute Gasteiger partial charge is 0.334 e. The molecule has 0 radical (unpaired) electrons. The maximum Gasteiger partial charge on any atom is 0.334 e. The van der Waals surface area contributed by atoms with Crippen LogP contribution in [0.25, 0.3) is 0 Å². The Kier molecular flexibility index (Phi) is 7.41. The van der Waals surface area contributed by atoms with Crippen molar-refractivity contribution in [2.75, 3.05) is 33.9 Å². The van der Waals surface area contributed by atoms with E-state index in [9.17, 15) is 4.79 Å². The molecule has 6 heteroatoms. The highest BCUT2D eigenvalue weighted by atomic mass is 28.4. The first-order chi connectivity index (χ1) is 9.11. The molecule has 1 N–H and O–H groups in total. The van der Waals surface area contributed by atoms with Crippen molar-refractivity contribution in [1.82, 2.24) is 10.2 Å². The average molecular weight is 288 g/mol. The van der Waals surface area contributed by atoms with E-state index in [0.717, 1.165) is 38.4 Å².